The fraction of sp³-hybridized carbons (Fsp3) is 0.353. The van der Waals surface area contributed by atoms with Crippen LogP contribution in [0.3, 0.4) is 0 Å². The van der Waals surface area contributed by atoms with Crippen LogP contribution in [-0.4, -0.2) is 26.9 Å². The van der Waals surface area contributed by atoms with Gasteiger partial charge in [0.05, 0.1) is 23.7 Å². The highest BCUT2D eigenvalue weighted by Crippen LogP contribution is 2.28. The van der Waals surface area contributed by atoms with E-state index < -0.39 is 0 Å². The topological polar surface area (TPSA) is 78.8 Å². The van der Waals surface area contributed by atoms with Crippen LogP contribution in [0.2, 0.25) is 0 Å². The van der Waals surface area contributed by atoms with Crippen molar-refractivity contribution in [2.24, 2.45) is 0 Å². The lowest BCUT2D eigenvalue weighted by molar-refractivity contribution is 0.363. The van der Waals surface area contributed by atoms with E-state index in [1.807, 2.05) is 28.9 Å². The third-order valence-electron chi connectivity index (χ3n) is 3.71. The number of hydrogen-bond acceptors (Lipinski definition) is 5. The van der Waals surface area contributed by atoms with E-state index in [0.717, 1.165) is 28.0 Å². The molecule has 0 atom stereocenters. The number of benzene rings is 1. The summed E-state index contributed by atoms with van der Waals surface area (Å²) in [4.78, 5) is 8.52. The summed E-state index contributed by atoms with van der Waals surface area (Å²) in [6, 6.07) is 7.94. The molecule has 2 heterocycles. The van der Waals surface area contributed by atoms with E-state index in [1.54, 1.807) is 7.11 Å². The van der Waals surface area contributed by atoms with Gasteiger partial charge in [-0.1, -0.05) is 12.1 Å². The fourth-order valence-electron chi connectivity index (χ4n) is 2.61. The first-order chi connectivity index (χ1) is 10.9. The third kappa shape index (κ3) is 2.84. The number of nitrogen functional groups attached to an aromatic ring is 1. The number of hydrogen-bond donors (Lipinski definition) is 1. The molecule has 6 heteroatoms. The molecule has 0 aliphatic rings. The van der Waals surface area contributed by atoms with E-state index in [1.165, 1.54) is 6.33 Å². The second-order valence-corrected chi connectivity index (χ2v) is 6.52. The van der Waals surface area contributed by atoms with Gasteiger partial charge in [-0.05, 0) is 38.5 Å². The summed E-state index contributed by atoms with van der Waals surface area (Å²) >= 11 is 0. The molecule has 0 aliphatic heterocycles. The Bertz CT molecular complexity index is 848. The summed E-state index contributed by atoms with van der Waals surface area (Å²) in [6.45, 7) is 6.27. The van der Waals surface area contributed by atoms with Gasteiger partial charge in [0.1, 0.15) is 17.9 Å². The first-order valence-corrected chi connectivity index (χ1v) is 7.51. The monoisotopic (exact) mass is 311 g/mol. The van der Waals surface area contributed by atoms with Gasteiger partial charge in [-0.2, -0.15) is 5.10 Å². The lowest BCUT2D eigenvalue weighted by atomic mass is 10.1. The van der Waals surface area contributed by atoms with Crippen LogP contribution in [0.5, 0.6) is 5.75 Å². The molecule has 0 amide bonds. The quantitative estimate of drug-likeness (QED) is 0.804. The van der Waals surface area contributed by atoms with Crippen LogP contribution in [0.1, 0.15) is 32.0 Å². The fourth-order valence-corrected chi connectivity index (χ4v) is 2.61. The molecule has 23 heavy (non-hydrogen) atoms. The molecule has 6 nitrogen and oxygen atoms in total. The van der Waals surface area contributed by atoms with Gasteiger partial charge in [-0.3, -0.25) is 0 Å². The number of aromatic nitrogens is 4. The van der Waals surface area contributed by atoms with Crippen LogP contribution in [0.25, 0.3) is 11.0 Å². The van der Waals surface area contributed by atoms with Crippen LogP contribution in [-0.2, 0) is 12.0 Å². The number of fused-ring (bicyclic) bond motifs is 1. The van der Waals surface area contributed by atoms with E-state index in [4.69, 9.17) is 15.6 Å². The minimum Gasteiger partial charge on any atom is -0.497 e. The maximum atomic E-state index is 6.09. The molecular weight excluding hydrogens is 290 g/mol. The maximum absolute atomic E-state index is 6.09. The minimum absolute atomic E-state index is 0.189. The predicted octanol–water partition coefficient (Wildman–Crippen LogP) is 2.76. The highest BCUT2D eigenvalue weighted by atomic mass is 16.5. The van der Waals surface area contributed by atoms with Crippen molar-refractivity contribution >= 4 is 16.9 Å². The smallest absolute Gasteiger partial charge is 0.164 e. The maximum Gasteiger partial charge on any atom is 0.164 e. The second kappa shape index (κ2) is 5.53. The van der Waals surface area contributed by atoms with E-state index in [2.05, 4.69) is 30.7 Å². The molecular formula is C17H21N5O. The average Bonchev–Trinajstić information content (AvgIpc) is 2.88. The molecule has 3 aromatic rings. The number of rotatable bonds is 3. The molecule has 3 rings (SSSR count). The van der Waals surface area contributed by atoms with Crippen LogP contribution >= 0.6 is 0 Å². The summed E-state index contributed by atoms with van der Waals surface area (Å²) < 4.78 is 7.20. The standard InChI is InChI=1S/C17H21N5O/c1-17(2,3)22-16-14(15(18)19-10-20-16)13(21-22)9-11-6-5-7-12(8-11)23-4/h5-8,10H,9H2,1-4H3,(H2,18,19,20). The van der Waals surface area contributed by atoms with Crippen molar-refractivity contribution in [3.8, 4) is 5.75 Å². The normalized spacial score (nSPS) is 11.8. The van der Waals surface area contributed by atoms with Crippen LogP contribution in [0.4, 0.5) is 5.82 Å². The molecule has 0 spiro atoms. The summed E-state index contributed by atoms with van der Waals surface area (Å²) in [7, 11) is 1.66. The van der Waals surface area contributed by atoms with Gasteiger partial charge in [0.15, 0.2) is 5.65 Å². The zero-order valence-electron chi connectivity index (χ0n) is 13.9. The number of methoxy groups -OCH3 is 1. The van der Waals surface area contributed by atoms with E-state index in [0.29, 0.717) is 12.2 Å². The Morgan fingerprint density at radius 2 is 2.00 bits per heavy atom. The van der Waals surface area contributed by atoms with Crippen LogP contribution < -0.4 is 10.5 Å². The molecule has 0 fully saturated rings. The summed E-state index contributed by atoms with van der Waals surface area (Å²) in [6.07, 6.45) is 2.13. The molecule has 0 radical (unpaired) electrons. The van der Waals surface area contributed by atoms with Gasteiger partial charge in [0.2, 0.25) is 0 Å². The van der Waals surface area contributed by atoms with Crippen molar-refractivity contribution < 1.29 is 4.74 Å². The minimum atomic E-state index is -0.189. The van der Waals surface area contributed by atoms with Gasteiger partial charge in [-0.25, -0.2) is 14.6 Å². The molecule has 120 valence electrons. The summed E-state index contributed by atoms with van der Waals surface area (Å²) in [5.74, 6) is 1.29. The molecule has 0 saturated heterocycles. The molecule has 1 aromatic carbocycles. The molecule has 2 N–H and O–H groups in total. The lowest BCUT2D eigenvalue weighted by Gasteiger charge is -2.19. The SMILES string of the molecule is COc1cccc(Cc2nn(C(C)(C)C)c3ncnc(N)c23)c1. The van der Waals surface area contributed by atoms with Crippen molar-refractivity contribution in [2.45, 2.75) is 32.7 Å². The van der Waals surface area contributed by atoms with Gasteiger partial charge in [-0.15, -0.1) is 0 Å². The Labute approximate surface area is 135 Å². The number of nitrogens with zero attached hydrogens (tertiary/aromatic N) is 4. The molecule has 0 aliphatic carbocycles. The number of nitrogens with two attached hydrogens (primary N) is 1. The first-order valence-electron chi connectivity index (χ1n) is 7.51. The Morgan fingerprint density at radius 3 is 2.70 bits per heavy atom. The first kappa shape index (κ1) is 15.3. The Morgan fingerprint density at radius 1 is 1.22 bits per heavy atom. The van der Waals surface area contributed by atoms with Gasteiger partial charge in [0, 0.05) is 6.42 Å². The van der Waals surface area contributed by atoms with Crippen molar-refractivity contribution in [1.82, 2.24) is 19.7 Å². The Kier molecular flexibility index (Phi) is 3.67. The van der Waals surface area contributed by atoms with Crippen LogP contribution in [0, 0.1) is 0 Å². The molecule has 0 bridgehead atoms. The van der Waals surface area contributed by atoms with Crippen molar-refractivity contribution in [3.05, 3.63) is 41.9 Å². The second-order valence-electron chi connectivity index (χ2n) is 6.52. The zero-order valence-corrected chi connectivity index (χ0v) is 13.9. The lowest BCUT2D eigenvalue weighted by Crippen LogP contribution is -2.23. The Hall–Kier alpha value is -2.63. The Balaban J connectivity index is 2.13. The molecule has 2 aromatic heterocycles. The van der Waals surface area contributed by atoms with E-state index in [9.17, 15) is 0 Å². The third-order valence-corrected chi connectivity index (χ3v) is 3.71. The van der Waals surface area contributed by atoms with E-state index in [-0.39, 0.29) is 5.54 Å². The van der Waals surface area contributed by atoms with Crippen molar-refractivity contribution in [2.75, 3.05) is 12.8 Å². The highest BCUT2D eigenvalue weighted by molar-refractivity contribution is 5.88. The molecule has 0 saturated carbocycles. The van der Waals surface area contributed by atoms with Crippen molar-refractivity contribution in [3.63, 3.8) is 0 Å². The number of ether oxygens (including phenoxy) is 1. The molecule has 0 unspecified atom stereocenters. The van der Waals surface area contributed by atoms with Gasteiger partial charge < -0.3 is 10.5 Å². The van der Waals surface area contributed by atoms with Gasteiger partial charge in [0.25, 0.3) is 0 Å². The average molecular weight is 311 g/mol. The number of anilines is 1. The highest BCUT2D eigenvalue weighted by Gasteiger charge is 2.23. The van der Waals surface area contributed by atoms with Gasteiger partial charge >= 0.3 is 0 Å². The van der Waals surface area contributed by atoms with Crippen molar-refractivity contribution in [1.29, 1.82) is 0 Å². The summed E-state index contributed by atoms with van der Waals surface area (Å²) in [5.41, 5.74) is 8.65. The largest absolute Gasteiger partial charge is 0.497 e. The predicted molar refractivity (Wildman–Crippen MR) is 90.5 cm³/mol. The van der Waals surface area contributed by atoms with E-state index >= 15 is 0 Å². The zero-order chi connectivity index (χ0) is 16.6. The summed E-state index contributed by atoms with van der Waals surface area (Å²) in [5, 5.41) is 5.59. The van der Waals surface area contributed by atoms with Crippen LogP contribution in [0.15, 0.2) is 30.6 Å².